The zero-order valence-corrected chi connectivity index (χ0v) is 14.3. The number of rotatable bonds is 4. The molecular formula is C21H21NO3. The number of methoxy groups -OCH3 is 1. The molecule has 0 atom stereocenters. The van der Waals surface area contributed by atoms with Crippen molar-refractivity contribution in [3.8, 4) is 5.75 Å². The van der Waals surface area contributed by atoms with Crippen LogP contribution in [0.3, 0.4) is 0 Å². The van der Waals surface area contributed by atoms with Crippen LogP contribution in [-0.2, 0) is 4.84 Å². The Hall–Kier alpha value is -2.88. The topological polar surface area (TPSA) is 47.9 Å². The van der Waals surface area contributed by atoms with Crippen LogP contribution in [-0.4, -0.2) is 18.8 Å². The highest BCUT2D eigenvalue weighted by Crippen LogP contribution is 2.24. The van der Waals surface area contributed by atoms with E-state index in [9.17, 15) is 4.79 Å². The maximum absolute atomic E-state index is 12.2. The quantitative estimate of drug-likeness (QED) is 0.592. The number of hydrogen-bond acceptors (Lipinski definition) is 4. The van der Waals surface area contributed by atoms with Gasteiger partial charge >= 0.3 is 5.97 Å². The van der Waals surface area contributed by atoms with Crippen molar-refractivity contribution in [3.63, 3.8) is 0 Å². The fraction of sp³-hybridized carbons (Fsp3) is 0.238. The molecule has 0 aliphatic heterocycles. The van der Waals surface area contributed by atoms with Crippen LogP contribution in [0.25, 0.3) is 6.08 Å². The third-order valence-electron chi connectivity index (χ3n) is 4.19. The van der Waals surface area contributed by atoms with Gasteiger partial charge in [-0.05, 0) is 67.2 Å². The van der Waals surface area contributed by atoms with Crippen LogP contribution < -0.4 is 4.74 Å². The highest BCUT2D eigenvalue weighted by Gasteiger charge is 2.15. The van der Waals surface area contributed by atoms with E-state index in [-0.39, 0.29) is 0 Å². The van der Waals surface area contributed by atoms with E-state index in [4.69, 9.17) is 9.57 Å². The summed E-state index contributed by atoms with van der Waals surface area (Å²) in [5, 5.41) is 4.15. The summed E-state index contributed by atoms with van der Waals surface area (Å²) in [6.07, 6.45) is 6.09. The number of nitrogens with zero attached hydrogens (tertiary/aromatic N) is 1. The summed E-state index contributed by atoms with van der Waals surface area (Å²) in [5.74, 6) is 0.239. The van der Waals surface area contributed by atoms with Crippen LogP contribution in [0.4, 0.5) is 0 Å². The van der Waals surface area contributed by atoms with Gasteiger partial charge in [-0.3, -0.25) is 0 Å². The first-order valence-electron chi connectivity index (χ1n) is 8.44. The number of oxime groups is 1. The molecule has 0 amide bonds. The summed E-state index contributed by atoms with van der Waals surface area (Å²) >= 11 is 0. The summed E-state index contributed by atoms with van der Waals surface area (Å²) in [6.45, 7) is 0. The molecule has 4 heteroatoms. The Morgan fingerprint density at radius 3 is 2.44 bits per heavy atom. The number of carbonyl (C=O) groups excluding carboxylic acids is 1. The molecule has 0 aromatic heterocycles. The lowest BCUT2D eigenvalue weighted by Gasteiger charge is -2.16. The first kappa shape index (κ1) is 17.0. The minimum absolute atomic E-state index is 0.453. The fourth-order valence-electron chi connectivity index (χ4n) is 2.80. The van der Waals surface area contributed by atoms with Gasteiger partial charge in [0.1, 0.15) is 5.75 Å². The lowest BCUT2D eigenvalue weighted by Crippen LogP contribution is -2.11. The Kier molecular flexibility index (Phi) is 5.62. The Morgan fingerprint density at radius 1 is 1.00 bits per heavy atom. The van der Waals surface area contributed by atoms with Crippen LogP contribution in [0.15, 0.2) is 65.3 Å². The molecule has 0 N–H and O–H groups in total. The summed E-state index contributed by atoms with van der Waals surface area (Å²) in [5.41, 5.74) is 3.58. The van der Waals surface area contributed by atoms with Crippen molar-refractivity contribution < 1.29 is 14.4 Å². The average Bonchev–Trinajstić information content (AvgIpc) is 2.68. The third kappa shape index (κ3) is 4.57. The van der Waals surface area contributed by atoms with Crippen molar-refractivity contribution in [2.45, 2.75) is 25.7 Å². The smallest absolute Gasteiger partial charge is 0.365 e. The fourth-order valence-corrected chi connectivity index (χ4v) is 2.80. The zero-order chi connectivity index (χ0) is 17.5. The molecule has 2 aromatic rings. The summed E-state index contributed by atoms with van der Waals surface area (Å²) in [4.78, 5) is 17.3. The lowest BCUT2D eigenvalue weighted by atomic mass is 9.91. The van der Waals surface area contributed by atoms with E-state index in [0.717, 1.165) is 42.5 Å². The van der Waals surface area contributed by atoms with Crippen molar-refractivity contribution in [1.29, 1.82) is 0 Å². The van der Waals surface area contributed by atoms with Gasteiger partial charge in [0.05, 0.1) is 18.4 Å². The molecule has 0 heterocycles. The molecule has 1 aliphatic carbocycles. The van der Waals surface area contributed by atoms with E-state index in [1.165, 1.54) is 0 Å². The van der Waals surface area contributed by atoms with Crippen molar-refractivity contribution in [2.24, 2.45) is 5.16 Å². The molecule has 0 radical (unpaired) electrons. The van der Waals surface area contributed by atoms with Crippen molar-refractivity contribution in [3.05, 3.63) is 71.3 Å². The second-order valence-electron chi connectivity index (χ2n) is 5.93. The number of ether oxygens (including phenoxy) is 1. The molecule has 0 spiro atoms. The van der Waals surface area contributed by atoms with Gasteiger partial charge < -0.3 is 9.57 Å². The van der Waals surface area contributed by atoms with E-state index in [1.807, 2.05) is 18.2 Å². The molecule has 2 aromatic carbocycles. The monoisotopic (exact) mass is 335 g/mol. The first-order valence-corrected chi connectivity index (χ1v) is 8.44. The largest absolute Gasteiger partial charge is 0.497 e. The molecule has 3 rings (SSSR count). The molecule has 1 saturated carbocycles. The molecule has 1 aliphatic rings. The van der Waals surface area contributed by atoms with Crippen molar-refractivity contribution in [1.82, 2.24) is 0 Å². The number of benzene rings is 2. The van der Waals surface area contributed by atoms with Gasteiger partial charge in [-0.15, -0.1) is 0 Å². The molecular weight excluding hydrogens is 314 g/mol. The third-order valence-corrected chi connectivity index (χ3v) is 4.19. The minimum atomic E-state index is -0.459. The maximum Gasteiger partial charge on any atom is 0.365 e. The van der Waals surface area contributed by atoms with Crippen LogP contribution in [0.5, 0.6) is 5.75 Å². The highest BCUT2D eigenvalue weighted by molar-refractivity contribution is 6.04. The predicted molar refractivity (Wildman–Crippen MR) is 98.7 cm³/mol. The second kappa shape index (κ2) is 8.29. The van der Waals surface area contributed by atoms with Gasteiger partial charge in [0, 0.05) is 0 Å². The molecule has 25 heavy (non-hydrogen) atoms. The van der Waals surface area contributed by atoms with E-state index in [1.54, 1.807) is 31.4 Å². The minimum Gasteiger partial charge on any atom is -0.497 e. The van der Waals surface area contributed by atoms with Crippen LogP contribution in [0, 0.1) is 0 Å². The zero-order valence-electron chi connectivity index (χ0n) is 14.3. The van der Waals surface area contributed by atoms with E-state index < -0.39 is 5.97 Å². The van der Waals surface area contributed by atoms with Gasteiger partial charge in [-0.2, -0.15) is 0 Å². The average molecular weight is 335 g/mol. The SMILES string of the molecule is COc1ccc(C(=O)O/N=C2\CCCC\C2=C\c2ccccc2)cc1. The molecule has 4 nitrogen and oxygen atoms in total. The van der Waals surface area contributed by atoms with Crippen LogP contribution >= 0.6 is 0 Å². The Labute approximate surface area is 147 Å². The van der Waals surface area contributed by atoms with Crippen LogP contribution in [0.1, 0.15) is 41.6 Å². The molecule has 0 bridgehead atoms. The van der Waals surface area contributed by atoms with E-state index in [0.29, 0.717) is 11.3 Å². The summed E-state index contributed by atoms with van der Waals surface area (Å²) < 4.78 is 5.09. The second-order valence-corrected chi connectivity index (χ2v) is 5.93. The van der Waals surface area contributed by atoms with Gasteiger partial charge in [0.2, 0.25) is 0 Å². The lowest BCUT2D eigenvalue weighted by molar-refractivity contribution is 0.0515. The Bertz CT molecular complexity index is 777. The van der Waals surface area contributed by atoms with Gasteiger partial charge in [-0.25, -0.2) is 4.79 Å². The Balaban J connectivity index is 1.73. The number of allylic oxidation sites excluding steroid dienone is 1. The first-order chi connectivity index (χ1) is 12.3. The highest BCUT2D eigenvalue weighted by atomic mass is 16.7. The predicted octanol–water partition coefficient (Wildman–Crippen LogP) is 4.87. The number of hydrogen-bond donors (Lipinski definition) is 0. The molecule has 0 saturated heterocycles. The van der Waals surface area contributed by atoms with Crippen molar-refractivity contribution >= 4 is 17.8 Å². The standard InChI is InChI=1S/C21H21NO3/c1-24-19-13-11-17(12-14-19)21(23)25-22-20-10-6-5-9-18(20)15-16-7-3-2-4-8-16/h2-4,7-8,11-15H,5-6,9-10H2,1H3/b18-15-,22-20+. The maximum atomic E-state index is 12.2. The molecule has 0 unspecified atom stereocenters. The summed E-state index contributed by atoms with van der Waals surface area (Å²) in [7, 11) is 1.59. The van der Waals surface area contributed by atoms with Gasteiger partial charge in [-0.1, -0.05) is 35.5 Å². The van der Waals surface area contributed by atoms with Crippen LogP contribution in [0.2, 0.25) is 0 Å². The van der Waals surface area contributed by atoms with Gasteiger partial charge in [0.25, 0.3) is 0 Å². The Morgan fingerprint density at radius 2 is 1.72 bits per heavy atom. The number of carbonyl (C=O) groups is 1. The van der Waals surface area contributed by atoms with Crippen molar-refractivity contribution in [2.75, 3.05) is 7.11 Å². The molecule has 1 fully saturated rings. The summed E-state index contributed by atoms with van der Waals surface area (Å²) in [6, 6.07) is 16.9. The van der Waals surface area contributed by atoms with E-state index in [2.05, 4.69) is 23.4 Å². The molecule has 128 valence electrons. The van der Waals surface area contributed by atoms with E-state index >= 15 is 0 Å². The normalized spacial score (nSPS) is 17.5. The van der Waals surface area contributed by atoms with Gasteiger partial charge in [0.15, 0.2) is 0 Å².